The van der Waals surface area contributed by atoms with E-state index in [0.29, 0.717) is 17.0 Å². The number of hydrogen-bond acceptors (Lipinski definition) is 5. The highest BCUT2D eigenvalue weighted by molar-refractivity contribution is 6.39. The monoisotopic (exact) mass is 469 g/mol. The molecule has 1 aliphatic heterocycles. The van der Waals surface area contributed by atoms with Crippen LogP contribution in [0.2, 0.25) is 0 Å². The van der Waals surface area contributed by atoms with E-state index in [-0.39, 0.29) is 18.1 Å². The fourth-order valence-corrected chi connectivity index (χ4v) is 3.58. The molecule has 176 valence electrons. The van der Waals surface area contributed by atoms with Gasteiger partial charge < -0.3 is 10.1 Å². The van der Waals surface area contributed by atoms with Gasteiger partial charge in [-0.1, -0.05) is 48.0 Å². The standard InChI is InChI=1S/C27H23N3O5/c1-17-8-13-23(18(2)14-17)28-24(31)16-35-21-11-9-19(10-12-21)15-22-25(32)29-27(34)30(26(22)33)20-6-4-3-5-7-20/h3-15H,16H2,1-2H3,(H,28,31)(H,29,32,34)/b22-15-. The minimum atomic E-state index is -0.800. The average Bonchev–Trinajstić information content (AvgIpc) is 2.83. The van der Waals surface area contributed by atoms with Crippen LogP contribution in [0.25, 0.3) is 6.08 Å². The van der Waals surface area contributed by atoms with E-state index in [1.807, 2.05) is 32.0 Å². The van der Waals surface area contributed by atoms with E-state index in [1.165, 1.54) is 6.08 Å². The van der Waals surface area contributed by atoms with E-state index in [2.05, 4.69) is 10.6 Å². The van der Waals surface area contributed by atoms with Gasteiger partial charge in [-0.2, -0.15) is 0 Å². The van der Waals surface area contributed by atoms with Gasteiger partial charge in [-0.15, -0.1) is 0 Å². The number of hydrogen-bond donors (Lipinski definition) is 2. The zero-order valence-corrected chi connectivity index (χ0v) is 19.2. The summed E-state index contributed by atoms with van der Waals surface area (Å²) in [5.41, 5.74) is 3.54. The van der Waals surface area contributed by atoms with Crippen LogP contribution in [0.4, 0.5) is 16.2 Å². The smallest absolute Gasteiger partial charge is 0.335 e. The van der Waals surface area contributed by atoms with Crippen molar-refractivity contribution in [3.8, 4) is 5.75 Å². The maximum Gasteiger partial charge on any atom is 0.335 e. The largest absolute Gasteiger partial charge is 0.484 e. The molecule has 0 unspecified atom stereocenters. The lowest BCUT2D eigenvalue weighted by Gasteiger charge is -2.26. The van der Waals surface area contributed by atoms with Crippen LogP contribution in [0, 0.1) is 13.8 Å². The number of rotatable bonds is 6. The Morgan fingerprint density at radius 1 is 0.971 bits per heavy atom. The van der Waals surface area contributed by atoms with E-state index < -0.39 is 17.8 Å². The fraction of sp³-hybridized carbons (Fsp3) is 0.111. The summed E-state index contributed by atoms with van der Waals surface area (Å²) in [4.78, 5) is 50.6. The molecule has 3 aromatic rings. The third-order valence-corrected chi connectivity index (χ3v) is 5.33. The summed E-state index contributed by atoms with van der Waals surface area (Å²) < 4.78 is 5.55. The van der Waals surface area contributed by atoms with Crippen LogP contribution in [-0.4, -0.2) is 30.4 Å². The van der Waals surface area contributed by atoms with Gasteiger partial charge in [0.1, 0.15) is 11.3 Å². The number of carbonyl (C=O) groups excluding carboxylic acids is 4. The summed E-state index contributed by atoms with van der Waals surface area (Å²) >= 11 is 0. The lowest BCUT2D eigenvalue weighted by molar-refractivity contribution is -0.122. The predicted molar refractivity (Wildman–Crippen MR) is 132 cm³/mol. The highest BCUT2D eigenvalue weighted by atomic mass is 16.5. The van der Waals surface area contributed by atoms with Gasteiger partial charge >= 0.3 is 6.03 Å². The third-order valence-electron chi connectivity index (χ3n) is 5.33. The van der Waals surface area contributed by atoms with Gasteiger partial charge in [0, 0.05) is 5.69 Å². The molecule has 35 heavy (non-hydrogen) atoms. The van der Waals surface area contributed by atoms with Gasteiger partial charge in [0.25, 0.3) is 17.7 Å². The molecule has 1 saturated heterocycles. The molecule has 0 atom stereocenters. The lowest BCUT2D eigenvalue weighted by atomic mass is 10.1. The Hall–Kier alpha value is -4.72. The SMILES string of the molecule is Cc1ccc(NC(=O)COc2ccc(/C=C3/C(=O)NC(=O)N(c4ccccc4)C3=O)cc2)c(C)c1. The number of aryl methyl sites for hydroxylation is 2. The zero-order chi connectivity index (χ0) is 24.9. The molecule has 0 aliphatic carbocycles. The van der Waals surface area contributed by atoms with Crippen LogP contribution in [0.5, 0.6) is 5.75 Å². The average molecular weight is 469 g/mol. The predicted octanol–water partition coefficient (Wildman–Crippen LogP) is 3.99. The molecule has 0 radical (unpaired) electrons. The van der Waals surface area contributed by atoms with Crippen molar-refractivity contribution < 1.29 is 23.9 Å². The van der Waals surface area contributed by atoms with Crippen LogP contribution in [-0.2, 0) is 14.4 Å². The van der Waals surface area contributed by atoms with Crippen molar-refractivity contribution in [1.82, 2.24) is 5.32 Å². The number of amides is 5. The number of urea groups is 1. The Kier molecular flexibility index (Phi) is 6.73. The second-order valence-corrected chi connectivity index (χ2v) is 8.02. The first-order valence-corrected chi connectivity index (χ1v) is 10.9. The quantitative estimate of drug-likeness (QED) is 0.420. The zero-order valence-electron chi connectivity index (χ0n) is 19.2. The Labute approximate surface area is 202 Å². The van der Waals surface area contributed by atoms with Crippen LogP contribution < -0.4 is 20.3 Å². The number of nitrogens with one attached hydrogen (secondary N) is 2. The van der Waals surface area contributed by atoms with Crippen molar-refractivity contribution in [1.29, 1.82) is 0 Å². The molecule has 0 aromatic heterocycles. The Balaban J connectivity index is 1.42. The van der Waals surface area contributed by atoms with Gasteiger partial charge in [-0.3, -0.25) is 19.7 Å². The molecule has 1 fully saturated rings. The molecule has 0 bridgehead atoms. The van der Waals surface area contributed by atoms with Crippen molar-refractivity contribution >= 4 is 41.2 Å². The number of carbonyl (C=O) groups is 4. The second-order valence-electron chi connectivity index (χ2n) is 8.02. The maximum atomic E-state index is 12.9. The van der Waals surface area contributed by atoms with Crippen molar-refractivity contribution in [2.24, 2.45) is 0 Å². The van der Waals surface area contributed by atoms with Gasteiger partial charge in [-0.05, 0) is 61.4 Å². The molecule has 0 saturated carbocycles. The summed E-state index contributed by atoms with van der Waals surface area (Å²) in [5.74, 6) is -1.33. The van der Waals surface area contributed by atoms with Crippen molar-refractivity contribution in [3.05, 3.63) is 95.1 Å². The van der Waals surface area contributed by atoms with Crippen molar-refractivity contribution in [3.63, 3.8) is 0 Å². The molecular weight excluding hydrogens is 446 g/mol. The first-order valence-electron chi connectivity index (χ1n) is 10.9. The van der Waals surface area contributed by atoms with Crippen LogP contribution in [0.15, 0.2) is 78.4 Å². The number of barbiturate groups is 1. The van der Waals surface area contributed by atoms with E-state index in [1.54, 1.807) is 54.6 Å². The molecule has 8 nitrogen and oxygen atoms in total. The molecule has 5 amide bonds. The molecule has 8 heteroatoms. The maximum absolute atomic E-state index is 12.9. The van der Waals surface area contributed by atoms with Gasteiger partial charge in [0.05, 0.1) is 5.69 Å². The summed E-state index contributed by atoms with van der Waals surface area (Å²) in [6.45, 7) is 3.72. The van der Waals surface area contributed by atoms with E-state index in [9.17, 15) is 19.2 Å². The normalized spacial score (nSPS) is 14.6. The van der Waals surface area contributed by atoms with Crippen molar-refractivity contribution in [2.45, 2.75) is 13.8 Å². The number of imide groups is 2. The van der Waals surface area contributed by atoms with Crippen LogP contribution >= 0.6 is 0 Å². The number of anilines is 2. The van der Waals surface area contributed by atoms with Gasteiger partial charge in [-0.25, -0.2) is 9.69 Å². The molecule has 1 aliphatic rings. The lowest BCUT2D eigenvalue weighted by Crippen LogP contribution is -2.54. The first kappa shape index (κ1) is 23.4. The topological polar surface area (TPSA) is 105 Å². The summed E-state index contributed by atoms with van der Waals surface area (Å²) in [6, 6.07) is 19.8. The second kappa shape index (κ2) is 10.0. The highest BCUT2D eigenvalue weighted by Crippen LogP contribution is 2.22. The number of nitrogens with zero attached hydrogens (tertiary/aromatic N) is 1. The Bertz CT molecular complexity index is 1330. The Morgan fingerprint density at radius 2 is 1.69 bits per heavy atom. The number of benzene rings is 3. The van der Waals surface area contributed by atoms with E-state index in [4.69, 9.17) is 4.74 Å². The molecule has 4 rings (SSSR count). The van der Waals surface area contributed by atoms with Crippen LogP contribution in [0.3, 0.4) is 0 Å². The minimum absolute atomic E-state index is 0.171. The molecule has 1 heterocycles. The van der Waals surface area contributed by atoms with E-state index in [0.717, 1.165) is 21.7 Å². The van der Waals surface area contributed by atoms with Crippen LogP contribution in [0.1, 0.15) is 16.7 Å². The first-order chi connectivity index (χ1) is 16.8. The highest BCUT2D eigenvalue weighted by Gasteiger charge is 2.36. The molecule has 3 aromatic carbocycles. The number of para-hydroxylation sites is 1. The van der Waals surface area contributed by atoms with Gasteiger partial charge in [0.15, 0.2) is 6.61 Å². The van der Waals surface area contributed by atoms with Crippen molar-refractivity contribution in [2.75, 3.05) is 16.8 Å². The minimum Gasteiger partial charge on any atom is -0.484 e. The third kappa shape index (κ3) is 5.44. The molecular formula is C27H23N3O5. The van der Waals surface area contributed by atoms with E-state index >= 15 is 0 Å². The summed E-state index contributed by atoms with van der Waals surface area (Å²) in [7, 11) is 0. The molecule has 2 N–H and O–H groups in total. The molecule has 0 spiro atoms. The van der Waals surface area contributed by atoms with Gasteiger partial charge in [0.2, 0.25) is 0 Å². The fourth-order valence-electron chi connectivity index (χ4n) is 3.58. The summed E-state index contributed by atoms with van der Waals surface area (Å²) in [6.07, 6.45) is 1.40. The number of ether oxygens (including phenoxy) is 1. The Morgan fingerprint density at radius 3 is 2.37 bits per heavy atom. The summed E-state index contributed by atoms with van der Waals surface area (Å²) in [5, 5.41) is 5.01.